The van der Waals surface area contributed by atoms with Gasteiger partial charge in [-0.15, -0.1) is 0 Å². The molecule has 1 heterocycles. The molecule has 0 saturated carbocycles. The number of carbonyl (C=O) groups is 1. The van der Waals surface area contributed by atoms with Crippen LogP contribution in [0, 0.1) is 0 Å². The first-order valence-electron chi connectivity index (χ1n) is 8.41. The average Bonchev–Trinajstić information content (AvgIpc) is 2.65. The third kappa shape index (κ3) is 5.63. The highest BCUT2D eigenvalue weighted by Gasteiger charge is 2.12. The van der Waals surface area contributed by atoms with E-state index in [2.05, 4.69) is 20.5 Å². The number of nitrogens with zero attached hydrogens (tertiary/aromatic N) is 2. The summed E-state index contributed by atoms with van der Waals surface area (Å²) >= 11 is 0. The van der Waals surface area contributed by atoms with Gasteiger partial charge in [-0.3, -0.25) is 9.78 Å². The number of hydrogen-bond donors (Lipinski definition) is 2. The molecule has 0 aliphatic heterocycles. The molecule has 0 fully saturated rings. The van der Waals surface area contributed by atoms with Crippen molar-refractivity contribution in [3.8, 4) is 11.5 Å². The highest BCUT2D eigenvalue weighted by molar-refractivity contribution is 6.04. The molecule has 0 atom stereocenters. The van der Waals surface area contributed by atoms with Crippen LogP contribution in [0.3, 0.4) is 0 Å². The minimum absolute atomic E-state index is 0.301. The Bertz CT molecular complexity index is 734. The van der Waals surface area contributed by atoms with Crippen molar-refractivity contribution >= 4 is 17.3 Å². The van der Waals surface area contributed by atoms with Gasteiger partial charge in [0, 0.05) is 24.5 Å². The monoisotopic (exact) mass is 358 g/mol. The summed E-state index contributed by atoms with van der Waals surface area (Å²) in [5, 5.41) is 6.13. The maximum atomic E-state index is 12.5. The molecule has 26 heavy (non-hydrogen) atoms. The lowest BCUT2D eigenvalue weighted by atomic mass is 10.2. The maximum Gasteiger partial charge on any atom is 0.274 e. The van der Waals surface area contributed by atoms with Crippen LogP contribution in [0.1, 0.15) is 16.9 Å². The van der Waals surface area contributed by atoms with E-state index in [4.69, 9.17) is 9.47 Å². The van der Waals surface area contributed by atoms with Gasteiger partial charge in [-0.25, -0.2) is 0 Å². The largest absolute Gasteiger partial charge is 0.497 e. The molecule has 0 aliphatic rings. The molecule has 7 nitrogen and oxygen atoms in total. The fraction of sp³-hybridized carbons (Fsp3) is 0.368. The number of ether oxygens (including phenoxy) is 2. The SMILES string of the molecule is COc1ccc(NC(=O)c2cc(NCCCN(C)C)ccn2)c(OC)c1. The van der Waals surface area contributed by atoms with Gasteiger partial charge in [0.2, 0.25) is 0 Å². The van der Waals surface area contributed by atoms with Crippen molar-refractivity contribution in [3.05, 3.63) is 42.2 Å². The maximum absolute atomic E-state index is 12.5. The molecule has 0 radical (unpaired) electrons. The smallest absolute Gasteiger partial charge is 0.274 e. The van der Waals surface area contributed by atoms with Crippen LogP contribution in [-0.2, 0) is 0 Å². The summed E-state index contributed by atoms with van der Waals surface area (Å²) in [4.78, 5) is 18.8. The van der Waals surface area contributed by atoms with Gasteiger partial charge in [0.1, 0.15) is 17.2 Å². The molecule has 2 N–H and O–H groups in total. The number of hydrogen-bond acceptors (Lipinski definition) is 6. The van der Waals surface area contributed by atoms with Crippen LogP contribution in [0.25, 0.3) is 0 Å². The Morgan fingerprint density at radius 1 is 1.15 bits per heavy atom. The standard InChI is InChI=1S/C19H26N4O3/c1-23(2)11-5-9-20-14-8-10-21-17(12-14)19(24)22-16-7-6-15(25-3)13-18(16)26-4/h6-8,10,12-13H,5,9,11H2,1-4H3,(H,20,21)(H,22,24). The number of amides is 1. The first-order valence-corrected chi connectivity index (χ1v) is 8.41. The van der Waals surface area contributed by atoms with Crippen molar-refractivity contribution in [2.24, 2.45) is 0 Å². The van der Waals surface area contributed by atoms with E-state index in [9.17, 15) is 4.79 Å². The number of aromatic nitrogens is 1. The van der Waals surface area contributed by atoms with E-state index in [1.165, 1.54) is 0 Å². The molecular weight excluding hydrogens is 332 g/mol. The summed E-state index contributed by atoms with van der Waals surface area (Å²) in [6.45, 7) is 1.83. The van der Waals surface area contributed by atoms with Crippen LogP contribution in [-0.4, -0.2) is 57.2 Å². The molecule has 0 spiro atoms. The Hall–Kier alpha value is -2.80. The Labute approximate surface area is 154 Å². The lowest BCUT2D eigenvalue weighted by molar-refractivity contribution is 0.102. The van der Waals surface area contributed by atoms with Crippen molar-refractivity contribution in [3.63, 3.8) is 0 Å². The first kappa shape index (κ1) is 19.5. The topological polar surface area (TPSA) is 75.7 Å². The lowest BCUT2D eigenvalue weighted by Gasteiger charge is -2.12. The minimum Gasteiger partial charge on any atom is -0.497 e. The van der Waals surface area contributed by atoms with Gasteiger partial charge in [0.05, 0.1) is 19.9 Å². The highest BCUT2D eigenvalue weighted by Crippen LogP contribution is 2.29. The van der Waals surface area contributed by atoms with E-state index < -0.39 is 0 Å². The molecule has 140 valence electrons. The van der Waals surface area contributed by atoms with Crippen LogP contribution in [0.5, 0.6) is 11.5 Å². The molecule has 1 aromatic heterocycles. The van der Waals surface area contributed by atoms with Crippen molar-refractivity contribution in [2.75, 3.05) is 52.0 Å². The second-order valence-corrected chi connectivity index (χ2v) is 6.03. The van der Waals surface area contributed by atoms with Crippen LogP contribution < -0.4 is 20.1 Å². The Morgan fingerprint density at radius 2 is 1.96 bits per heavy atom. The van der Waals surface area contributed by atoms with Crippen LogP contribution in [0.15, 0.2) is 36.5 Å². The number of pyridine rings is 1. The van der Waals surface area contributed by atoms with Gasteiger partial charge in [0.15, 0.2) is 0 Å². The third-order valence-corrected chi connectivity index (χ3v) is 3.76. The summed E-state index contributed by atoms with van der Waals surface area (Å²) in [6.07, 6.45) is 2.63. The predicted molar refractivity (Wildman–Crippen MR) is 103 cm³/mol. The Balaban J connectivity index is 2.02. The van der Waals surface area contributed by atoms with Gasteiger partial charge >= 0.3 is 0 Å². The predicted octanol–water partition coefficient (Wildman–Crippen LogP) is 2.71. The number of rotatable bonds is 9. The summed E-state index contributed by atoms with van der Waals surface area (Å²) < 4.78 is 10.5. The zero-order chi connectivity index (χ0) is 18.9. The van der Waals surface area contributed by atoms with E-state index in [1.54, 1.807) is 44.7 Å². The fourth-order valence-corrected chi connectivity index (χ4v) is 2.38. The first-order chi connectivity index (χ1) is 12.5. The van der Waals surface area contributed by atoms with Crippen LogP contribution in [0.2, 0.25) is 0 Å². The molecule has 2 aromatic rings. The van der Waals surface area contributed by atoms with Gasteiger partial charge in [0.25, 0.3) is 5.91 Å². The van der Waals surface area contributed by atoms with E-state index in [-0.39, 0.29) is 5.91 Å². The number of anilines is 2. The molecule has 0 bridgehead atoms. The molecule has 1 aromatic carbocycles. The van der Waals surface area contributed by atoms with Crippen LogP contribution >= 0.6 is 0 Å². The molecule has 0 unspecified atom stereocenters. The van der Waals surface area contributed by atoms with E-state index >= 15 is 0 Å². The number of methoxy groups -OCH3 is 2. The molecule has 0 saturated heterocycles. The second-order valence-electron chi connectivity index (χ2n) is 6.03. The third-order valence-electron chi connectivity index (χ3n) is 3.76. The van der Waals surface area contributed by atoms with E-state index in [1.807, 2.05) is 20.2 Å². The summed E-state index contributed by atoms with van der Waals surface area (Å²) in [6, 6.07) is 8.79. The number of carbonyl (C=O) groups excluding carboxylic acids is 1. The van der Waals surface area contributed by atoms with Crippen molar-refractivity contribution in [1.29, 1.82) is 0 Å². The highest BCUT2D eigenvalue weighted by atomic mass is 16.5. The quantitative estimate of drug-likeness (QED) is 0.671. The van der Waals surface area contributed by atoms with Crippen LogP contribution in [0.4, 0.5) is 11.4 Å². The minimum atomic E-state index is -0.301. The Kier molecular flexibility index (Phi) is 7.23. The fourth-order valence-electron chi connectivity index (χ4n) is 2.38. The van der Waals surface area contributed by atoms with E-state index in [0.29, 0.717) is 22.9 Å². The van der Waals surface area contributed by atoms with E-state index in [0.717, 1.165) is 25.2 Å². The number of benzene rings is 1. The molecular formula is C19H26N4O3. The summed E-state index contributed by atoms with van der Waals surface area (Å²) in [5.41, 5.74) is 1.76. The summed E-state index contributed by atoms with van der Waals surface area (Å²) in [5.74, 6) is 0.878. The molecule has 2 rings (SSSR count). The molecule has 1 amide bonds. The lowest BCUT2D eigenvalue weighted by Crippen LogP contribution is -2.17. The zero-order valence-electron chi connectivity index (χ0n) is 15.7. The van der Waals surface area contributed by atoms with Gasteiger partial charge in [-0.1, -0.05) is 0 Å². The zero-order valence-corrected chi connectivity index (χ0v) is 15.7. The van der Waals surface area contributed by atoms with Crippen molar-refractivity contribution in [1.82, 2.24) is 9.88 Å². The van der Waals surface area contributed by atoms with Gasteiger partial charge < -0.3 is 25.0 Å². The van der Waals surface area contributed by atoms with Crippen molar-refractivity contribution < 1.29 is 14.3 Å². The molecule has 0 aliphatic carbocycles. The Morgan fingerprint density at radius 3 is 2.65 bits per heavy atom. The van der Waals surface area contributed by atoms with Gasteiger partial charge in [-0.2, -0.15) is 0 Å². The summed E-state index contributed by atoms with van der Waals surface area (Å²) in [7, 11) is 7.21. The van der Waals surface area contributed by atoms with Gasteiger partial charge in [-0.05, 0) is 51.3 Å². The normalized spacial score (nSPS) is 10.5. The molecule has 7 heteroatoms. The van der Waals surface area contributed by atoms with Crippen molar-refractivity contribution in [2.45, 2.75) is 6.42 Å². The second kappa shape index (κ2) is 9.62. The number of nitrogens with one attached hydrogen (secondary N) is 2. The average molecular weight is 358 g/mol.